The molecule has 0 spiro atoms. The minimum absolute atomic E-state index is 0.561. The lowest BCUT2D eigenvalue weighted by molar-refractivity contribution is 0.222. The second-order valence-corrected chi connectivity index (χ2v) is 5.22. The molecule has 90 valence electrons. The molecule has 1 aromatic carbocycles. The smallest absolute Gasteiger partial charge is 0.152 e. The maximum Gasteiger partial charge on any atom is 0.152 e. The molecular weight excluding hydrogens is 234 g/mol. The van der Waals surface area contributed by atoms with Gasteiger partial charge < -0.3 is 9.73 Å². The van der Waals surface area contributed by atoms with E-state index in [1.54, 1.807) is 0 Å². The summed E-state index contributed by atoms with van der Waals surface area (Å²) in [4.78, 5) is 0. The first-order chi connectivity index (χ1) is 8.29. The van der Waals surface area contributed by atoms with Gasteiger partial charge in [0.1, 0.15) is 5.76 Å². The van der Waals surface area contributed by atoms with Crippen LogP contribution in [0.5, 0.6) is 0 Å². The van der Waals surface area contributed by atoms with E-state index >= 15 is 0 Å². The maximum absolute atomic E-state index is 6.13. The maximum atomic E-state index is 6.13. The van der Waals surface area contributed by atoms with Crippen LogP contribution in [0, 0.1) is 5.92 Å². The van der Waals surface area contributed by atoms with E-state index in [2.05, 4.69) is 17.4 Å². The molecule has 1 heterocycles. The van der Waals surface area contributed by atoms with E-state index in [1.807, 2.05) is 19.2 Å². The molecule has 17 heavy (non-hydrogen) atoms. The van der Waals surface area contributed by atoms with Gasteiger partial charge in [0, 0.05) is 11.3 Å². The second-order valence-electron chi connectivity index (χ2n) is 4.81. The summed E-state index contributed by atoms with van der Waals surface area (Å²) in [5, 5.41) is 5.07. The predicted octanol–water partition coefficient (Wildman–Crippen LogP) is 3.80. The SMILES string of the molecule is CNCC1CCC1c1cc2cccc(Cl)c2o1. The van der Waals surface area contributed by atoms with Gasteiger partial charge >= 0.3 is 0 Å². The van der Waals surface area contributed by atoms with Gasteiger partial charge in [0.15, 0.2) is 5.58 Å². The third-order valence-corrected chi connectivity index (χ3v) is 4.06. The lowest BCUT2D eigenvalue weighted by Gasteiger charge is -2.35. The predicted molar refractivity (Wildman–Crippen MR) is 70.6 cm³/mol. The van der Waals surface area contributed by atoms with E-state index in [-0.39, 0.29) is 0 Å². The Morgan fingerprint density at radius 1 is 1.41 bits per heavy atom. The van der Waals surface area contributed by atoms with Gasteiger partial charge in [-0.2, -0.15) is 0 Å². The van der Waals surface area contributed by atoms with Crippen molar-refractivity contribution in [1.29, 1.82) is 0 Å². The Kier molecular flexibility index (Phi) is 2.85. The topological polar surface area (TPSA) is 25.2 Å². The molecule has 3 rings (SSSR count). The first-order valence-electron chi connectivity index (χ1n) is 6.12. The second kappa shape index (κ2) is 4.35. The number of fused-ring (bicyclic) bond motifs is 1. The number of hydrogen-bond acceptors (Lipinski definition) is 2. The number of para-hydroxylation sites is 1. The Morgan fingerprint density at radius 2 is 2.29 bits per heavy atom. The molecule has 1 aromatic heterocycles. The summed E-state index contributed by atoms with van der Waals surface area (Å²) in [6.07, 6.45) is 2.51. The number of benzene rings is 1. The lowest BCUT2D eigenvalue weighted by atomic mass is 9.72. The Morgan fingerprint density at radius 3 is 2.94 bits per heavy atom. The van der Waals surface area contributed by atoms with Gasteiger partial charge in [-0.1, -0.05) is 23.7 Å². The van der Waals surface area contributed by atoms with Crippen LogP contribution in [0.4, 0.5) is 0 Å². The van der Waals surface area contributed by atoms with Crippen molar-refractivity contribution in [3.8, 4) is 0 Å². The molecule has 1 saturated carbocycles. The molecule has 1 aliphatic rings. The highest BCUT2D eigenvalue weighted by Crippen LogP contribution is 2.44. The zero-order chi connectivity index (χ0) is 11.8. The van der Waals surface area contributed by atoms with Crippen molar-refractivity contribution in [3.63, 3.8) is 0 Å². The van der Waals surface area contributed by atoms with Crippen LogP contribution in [0.15, 0.2) is 28.7 Å². The summed E-state index contributed by atoms with van der Waals surface area (Å²) in [5.41, 5.74) is 0.833. The number of hydrogen-bond donors (Lipinski definition) is 1. The van der Waals surface area contributed by atoms with Crippen molar-refractivity contribution in [2.24, 2.45) is 5.92 Å². The molecule has 1 aliphatic carbocycles. The van der Waals surface area contributed by atoms with Crippen molar-refractivity contribution >= 4 is 22.6 Å². The molecule has 0 radical (unpaired) electrons. The minimum atomic E-state index is 0.561. The fraction of sp³-hybridized carbons (Fsp3) is 0.429. The average Bonchev–Trinajstić information content (AvgIpc) is 2.69. The van der Waals surface area contributed by atoms with Gasteiger partial charge in [-0.05, 0) is 44.5 Å². The molecule has 2 atom stereocenters. The van der Waals surface area contributed by atoms with Crippen molar-refractivity contribution in [2.75, 3.05) is 13.6 Å². The highest BCUT2D eigenvalue weighted by atomic mass is 35.5. The van der Waals surface area contributed by atoms with Gasteiger partial charge in [0.2, 0.25) is 0 Å². The highest BCUT2D eigenvalue weighted by molar-refractivity contribution is 6.34. The number of rotatable bonds is 3. The van der Waals surface area contributed by atoms with E-state index in [9.17, 15) is 0 Å². The van der Waals surface area contributed by atoms with Gasteiger partial charge in [0.05, 0.1) is 5.02 Å². The quantitative estimate of drug-likeness (QED) is 0.895. The van der Waals surface area contributed by atoms with Gasteiger partial charge in [-0.15, -0.1) is 0 Å². The summed E-state index contributed by atoms with van der Waals surface area (Å²) in [7, 11) is 2.00. The summed E-state index contributed by atoms with van der Waals surface area (Å²) in [6, 6.07) is 8.05. The molecule has 0 saturated heterocycles. The van der Waals surface area contributed by atoms with Gasteiger partial charge in [-0.3, -0.25) is 0 Å². The molecule has 3 heteroatoms. The normalized spacial score (nSPS) is 23.9. The van der Waals surface area contributed by atoms with E-state index in [1.165, 1.54) is 12.8 Å². The molecule has 2 aromatic rings. The monoisotopic (exact) mass is 249 g/mol. The van der Waals surface area contributed by atoms with Crippen LogP contribution in [0.1, 0.15) is 24.5 Å². The van der Waals surface area contributed by atoms with Crippen LogP contribution >= 0.6 is 11.6 Å². The minimum Gasteiger partial charge on any atom is -0.459 e. The molecule has 2 nitrogen and oxygen atoms in total. The Hall–Kier alpha value is -0.990. The molecule has 1 fully saturated rings. The first-order valence-corrected chi connectivity index (χ1v) is 6.50. The average molecular weight is 250 g/mol. The first kappa shape index (κ1) is 11.1. The van der Waals surface area contributed by atoms with Crippen molar-refractivity contribution in [1.82, 2.24) is 5.32 Å². The van der Waals surface area contributed by atoms with E-state index in [4.69, 9.17) is 16.0 Å². The third kappa shape index (κ3) is 1.85. The van der Waals surface area contributed by atoms with Crippen LogP contribution < -0.4 is 5.32 Å². The van der Waals surface area contributed by atoms with Crippen LogP contribution in [0.3, 0.4) is 0 Å². The zero-order valence-corrected chi connectivity index (χ0v) is 10.6. The van der Waals surface area contributed by atoms with Crippen LogP contribution in [-0.2, 0) is 0 Å². The Balaban J connectivity index is 1.93. The van der Waals surface area contributed by atoms with Crippen LogP contribution in [-0.4, -0.2) is 13.6 Å². The van der Waals surface area contributed by atoms with E-state index in [0.717, 1.165) is 23.3 Å². The van der Waals surface area contributed by atoms with E-state index in [0.29, 0.717) is 16.9 Å². The summed E-state index contributed by atoms with van der Waals surface area (Å²) in [5.74, 6) is 2.37. The summed E-state index contributed by atoms with van der Waals surface area (Å²) in [6.45, 7) is 1.06. The van der Waals surface area contributed by atoms with Gasteiger partial charge in [0.25, 0.3) is 0 Å². The summed E-state index contributed by atoms with van der Waals surface area (Å²) >= 11 is 6.13. The number of halogens is 1. The third-order valence-electron chi connectivity index (χ3n) is 3.76. The lowest BCUT2D eigenvalue weighted by Crippen LogP contribution is -2.31. The van der Waals surface area contributed by atoms with Crippen molar-refractivity contribution in [2.45, 2.75) is 18.8 Å². The van der Waals surface area contributed by atoms with Crippen LogP contribution in [0.2, 0.25) is 5.02 Å². The standard InChI is InChI=1S/C14H16ClNO/c1-16-8-10-5-6-11(10)13-7-9-3-2-4-12(15)14(9)17-13/h2-4,7,10-11,16H,5-6,8H2,1H3. The molecule has 0 bridgehead atoms. The van der Waals surface area contributed by atoms with E-state index < -0.39 is 0 Å². The van der Waals surface area contributed by atoms with Crippen molar-refractivity contribution < 1.29 is 4.42 Å². The molecule has 2 unspecified atom stereocenters. The van der Waals surface area contributed by atoms with Gasteiger partial charge in [-0.25, -0.2) is 0 Å². The Bertz CT molecular complexity index is 534. The highest BCUT2D eigenvalue weighted by Gasteiger charge is 2.34. The fourth-order valence-electron chi connectivity index (χ4n) is 2.68. The molecular formula is C14H16ClNO. The Labute approximate surface area is 106 Å². The summed E-state index contributed by atoms with van der Waals surface area (Å²) < 4.78 is 5.92. The largest absolute Gasteiger partial charge is 0.459 e. The van der Waals surface area contributed by atoms with Crippen LogP contribution in [0.25, 0.3) is 11.0 Å². The zero-order valence-electron chi connectivity index (χ0n) is 9.87. The fourth-order valence-corrected chi connectivity index (χ4v) is 2.90. The molecule has 0 amide bonds. The molecule has 1 N–H and O–H groups in total. The number of furan rings is 1. The van der Waals surface area contributed by atoms with Crippen molar-refractivity contribution in [3.05, 3.63) is 35.0 Å². The molecule has 0 aliphatic heterocycles. The number of nitrogens with one attached hydrogen (secondary N) is 1.